The second-order valence-electron chi connectivity index (χ2n) is 4.07. The maximum Gasteiger partial charge on any atom is 0.471 e. The van der Waals surface area contributed by atoms with Crippen LogP contribution in [0, 0.1) is 5.92 Å². The third-order valence-electron chi connectivity index (χ3n) is 2.89. The Bertz CT molecular complexity index is 306. The molecule has 1 amide bonds. The average Bonchev–Trinajstić information content (AvgIpc) is 2.27. The van der Waals surface area contributed by atoms with E-state index in [1.807, 2.05) is 5.32 Å². The number of hydrogen-bond donors (Lipinski definition) is 1. The zero-order chi connectivity index (χ0) is 13.1. The van der Waals surface area contributed by atoms with Crippen molar-refractivity contribution in [1.29, 1.82) is 0 Å². The lowest BCUT2D eigenvalue weighted by Gasteiger charge is -2.30. The molecule has 1 aliphatic rings. The van der Waals surface area contributed by atoms with Crippen LogP contribution >= 0.6 is 11.6 Å². The van der Waals surface area contributed by atoms with Gasteiger partial charge in [0.15, 0.2) is 5.78 Å². The molecule has 1 rings (SSSR count). The van der Waals surface area contributed by atoms with Gasteiger partial charge in [0.25, 0.3) is 0 Å². The Morgan fingerprint density at radius 2 is 1.82 bits per heavy atom. The van der Waals surface area contributed by atoms with Crippen molar-refractivity contribution in [2.45, 2.75) is 37.9 Å². The van der Waals surface area contributed by atoms with Crippen molar-refractivity contribution in [3.05, 3.63) is 0 Å². The first-order valence-electron chi connectivity index (χ1n) is 5.32. The maximum absolute atomic E-state index is 12.1. The molecule has 3 nitrogen and oxygen atoms in total. The van der Waals surface area contributed by atoms with Gasteiger partial charge in [-0.15, -0.1) is 11.6 Å². The van der Waals surface area contributed by atoms with E-state index in [1.54, 1.807) is 0 Å². The molecular weight excluding hydrogens is 259 g/mol. The summed E-state index contributed by atoms with van der Waals surface area (Å²) >= 11 is 5.39. The van der Waals surface area contributed by atoms with Gasteiger partial charge >= 0.3 is 12.1 Å². The number of hydrogen-bond acceptors (Lipinski definition) is 2. The van der Waals surface area contributed by atoms with Crippen molar-refractivity contribution in [2.75, 3.05) is 5.88 Å². The SMILES string of the molecule is O=C(CCl)C1CCCCC1NC(=O)C(F)(F)F. The first-order valence-corrected chi connectivity index (χ1v) is 5.86. The lowest BCUT2D eigenvalue weighted by atomic mass is 9.82. The van der Waals surface area contributed by atoms with E-state index in [9.17, 15) is 22.8 Å². The van der Waals surface area contributed by atoms with Gasteiger partial charge in [-0.25, -0.2) is 0 Å². The summed E-state index contributed by atoms with van der Waals surface area (Å²) in [4.78, 5) is 22.3. The molecule has 0 bridgehead atoms. The Labute approximate surface area is 102 Å². The molecule has 0 aromatic carbocycles. The van der Waals surface area contributed by atoms with E-state index in [2.05, 4.69) is 0 Å². The fraction of sp³-hybridized carbons (Fsp3) is 0.800. The standard InChI is InChI=1S/C10H13ClF3NO2/c11-5-8(16)6-3-1-2-4-7(6)15-9(17)10(12,13)14/h6-7H,1-5H2,(H,15,17). The lowest BCUT2D eigenvalue weighted by molar-refractivity contribution is -0.175. The first-order chi connectivity index (χ1) is 7.86. The predicted molar refractivity (Wildman–Crippen MR) is 55.7 cm³/mol. The Hall–Kier alpha value is -0.780. The largest absolute Gasteiger partial charge is 0.471 e. The number of halogens is 4. The zero-order valence-corrected chi connectivity index (χ0v) is 9.77. The van der Waals surface area contributed by atoms with Crippen LogP contribution in [0.1, 0.15) is 25.7 Å². The van der Waals surface area contributed by atoms with Gasteiger partial charge in [0.05, 0.1) is 5.88 Å². The third kappa shape index (κ3) is 3.87. The smallest absolute Gasteiger partial charge is 0.345 e. The molecule has 0 aromatic heterocycles. The number of Topliss-reactive ketones (excluding diaryl/α,β-unsaturated/α-hetero) is 1. The van der Waals surface area contributed by atoms with Crippen LogP contribution in [0.15, 0.2) is 0 Å². The normalized spacial score (nSPS) is 25.4. The van der Waals surface area contributed by atoms with E-state index in [-0.39, 0.29) is 11.7 Å². The van der Waals surface area contributed by atoms with E-state index >= 15 is 0 Å². The predicted octanol–water partition coefficient (Wildman–Crippen LogP) is 2.03. The molecule has 1 saturated carbocycles. The molecule has 0 heterocycles. The van der Waals surface area contributed by atoms with Crippen LogP contribution < -0.4 is 5.32 Å². The van der Waals surface area contributed by atoms with Crippen molar-refractivity contribution in [2.24, 2.45) is 5.92 Å². The highest BCUT2D eigenvalue weighted by atomic mass is 35.5. The van der Waals surface area contributed by atoms with Crippen molar-refractivity contribution in [3.63, 3.8) is 0 Å². The third-order valence-corrected chi connectivity index (χ3v) is 3.15. The summed E-state index contributed by atoms with van der Waals surface area (Å²) in [6, 6.07) is -0.746. The highest BCUT2D eigenvalue weighted by Gasteiger charge is 2.42. The molecule has 0 saturated heterocycles. The summed E-state index contributed by atoms with van der Waals surface area (Å²) < 4.78 is 36.3. The van der Waals surface area contributed by atoms with Gasteiger partial charge in [-0.1, -0.05) is 12.8 Å². The second-order valence-corrected chi connectivity index (χ2v) is 4.34. The topological polar surface area (TPSA) is 46.2 Å². The average molecular weight is 272 g/mol. The van der Waals surface area contributed by atoms with Crippen molar-refractivity contribution in [3.8, 4) is 0 Å². The van der Waals surface area contributed by atoms with Gasteiger partial charge in [-0.2, -0.15) is 13.2 Å². The van der Waals surface area contributed by atoms with E-state index < -0.39 is 24.0 Å². The second kappa shape index (κ2) is 5.71. The minimum absolute atomic E-state index is 0.233. The van der Waals surface area contributed by atoms with Crippen LogP contribution in [0.5, 0.6) is 0 Å². The van der Waals surface area contributed by atoms with Crippen LogP contribution in [0.25, 0.3) is 0 Å². The van der Waals surface area contributed by atoms with Gasteiger partial charge in [-0.05, 0) is 12.8 Å². The van der Waals surface area contributed by atoms with Crippen molar-refractivity contribution >= 4 is 23.3 Å². The quantitative estimate of drug-likeness (QED) is 0.799. The molecule has 1 N–H and O–H groups in total. The van der Waals surface area contributed by atoms with E-state index in [0.29, 0.717) is 19.3 Å². The van der Waals surface area contributed by atoms with E-state index in [1.165, 1.54) is 0 Å². The lowest BCUT2D eigenvalue weighted by Crippen LogP contribution is -2.49. The molecule has 0 aromatic rings. The summed E-state index contributed by atoms with van der Waals surface area (Å²) in [5, 5.41) is 1.88. The Morgan fingerprint density at radius 3 is 2.35 bits per heavy atom. The summed E-state index contributed by atoms with van der Waals surface area (Å²) in [6.07, 6.45) is -2.57. The molecule has 7 heteroatoms. The number of amides is 1. The highest BCUT2D eigenvalue weighted by Crippen LogP contribution is 2.27. The molecule has 1 aliphatic carbocycles. The summed E-state index contributed by atoms with van der Waals surface area (Å²) in [6.45, 7) is 0. The zero-order valence-electron chi connectivity index (χ0n) is 9.02. The minimum Gasteiger partial charge on any atom is -0.345 e. The summed E-state index contributed by atoms with van der Waals surface area (Å²) in [5.74, 6) is -3.12. The van der Waals surface area contributed by atoms with Gasteiger partial charge in [0.2, 0.25) is 0 Å². The molecule has 98 valence electrons. The Kier molecular flexibility index (Phi) is 4.80. The molecule has 2 unspecified atom stereocenters. The Balaban J connectivity index is 2.66. The summed E-state index contributed by atoms with van der Waals surface area (Å²) in [5.41, 5.74) is 0. The number of carbonyl (C=O) groups is 2. The van der Waals surface area contributed by atoms with E-state index in [4.69, 9.17) is 11.6 Å². The van der Waals surface area contributed by atoms with Crippen LogP contribution in [0.2, 0.25) is 0 Å². The minimum atomic E-state index is -4.91. The maximum atomic E-state index is 12.1. The van der Waals surface area contributed by atoms with Gasteiger partial charge in [0, 0.05) is 12.0 Å². The molecule has 1 fully saturated rings. The van der Waals surface area contributed by atoms with Crippen molar-refractivity contribution in [1.82, 2.24) is 5.32 Å². The van der Waals surface area contributed by atoms with Crippen molar-refractivity contribution < 1.29 is 22.8 Å². The molecule has 0 aliphatic heterocycles. The number of alkyl halides is 4. The van der Waals surface area contributed by atoms with E-state index in [0.717, 1.165) is 6.42 Å². The van der Waals surface area contributed by atoms with Crippen LogP contribution in [0.3, 0.4) is 0 Å². The fourth-order valence-corrected chi connectivity index (χ4v) is 2.24. The molecule has 2 atom stereocenters. The van der Waals surface area contributed by atoms with Gasteiger partial charge in [-0.3, -0.25) is 9.59 Å². The Morgan fingerprint density at radius 1 is 1.24 bits per heavy atom. The highest BCUT2D eigenvalue weighted by molar-refractivity contribution is 6.28. The van der Waals surface area contributed by atoms with Gasteiger partial charge in [0.1, 0.15) is 0 Å². The van der Waals surface area contributed by atoms with Crippen LogP contribution in [-0.2, 0) is 9.59 Å². The monoisotopic (exact) mass is 271 g/mol. The van der Waals surface area contributed by atoms with Crippen LogP contribution in [-0.4, -0.2) is 29.8 Å². The number of rotatable bonds is 3. The molecule has 0 spiro atoms. The van der Waals surface area contributed by atoms with Crippen LogP contribution in [0.4, 0.5) is 13.2 Å². The molecular formula is C10H13ClF3NO2. The fourth-order valence-electron chi connectivity index (χ4n) is 2.04. The number of ketones is 1. The summed E-state index contributed by atoms with van der Waals surface area (Å²) in [7, 11) is 0. The molecule has 17 heavy (non-hydrogen) atoms. The first kappa shape index (κ1) is 14.3. The molecule has 0 radical (unpaired) electrons. The number of carbonyl (C=O) groups excluding carboxylic acids is 2. The number of nitrogens with one attached hydrogen (secondary N) is 1. The van der Waals surface area contributed by atoms with Gasteiger partial charge < -0.3 is 5.32 Å².